The van der Waals surface area contributed by atoms with Gasteiger partial charge in [0.25, 0.3) is 0 Å². The smallest absolute Gasteiger partial charge is 0.123 e. The molecule has 0 N–H and O–H groups in total. The molecule has 0 atom stereocenters. The highest BCUT2D eigenvalue weighted by Crippen LogP contribution is 2.21. The number of pyridine rings is 1. The highest BCUT2D eigenvalue weighted by molar-refractivity contribution is 6.31. The van der Waals surface area contributed by atoms with Crippen molar-refractivity contribution in [1.82, 2.24) is 4.98 Å². The van der Waals surface area contributed by atoms with Crippen molar-refractivity contribution >= 4 is 11.6 Å². The molecule has 0 unspecified atom stereocenters. The van der Waals surface area contributed by atoms with E-state index in [-0.39, 0.29) is 5.82 Å². The Morgan fingerprint density at radius 1 is 1.31 bits per heavy atom. The largest absolute Gasteiger partial charge is 0.261 e. The zero-order chi connectivity index (χ0) is 11.5. The lowest BCUT2D eigenvalue weighted by Gasteiger charge is -2.07. The average Bonchev–Trinajstić information content (AvgIpc) is 2.24. The van der Waals surface area contributed by atoms with Gasteiger partial charge in [-0.15, -0.1) is 0 Å². The Balaban J connectivity index is 2.34. The lowest BCUT2D eigenvalue weighted by atomic mass is 10.0. The zero-order valence-electron chi connectivity index (χ0n) is 8.87. The van der Waals surface area contributed by atoms with Crippen LogP contribution < -0.4 is 0 Å². The molecule has 0 aliphatic heterocycles. The third-order valence-electron chi connectivity index (χ3n) is 2.48. The van der Waals surface area contributed by atoms with Gasteiger partial charge < -0.3 is 0 Å². The number of halogens is 2. The van der Waals surface area contributed by atoms with E-state index in [9.17, 15) is 4.39 Å². The number of hydrogen-bond donors (Lipinski definition) is 0. The molecule has 3 heteroatoms. The third-order valence-corrected chi connectivity index (χ3v) is 2.84. The standard InChI is InChI=1S/C13H11ClFN/c1-9-12(13(14)5-6-16-9)8-10-3-2-4-11(15)7-10/h2-7H,8H2,1H3. The molecule has 0 radical (unpaired) electrons. The van der Waals surface area contributed by atoms with Crippen molar-refractivity contribution in [1.29, 1.82) is 0 Å². The molecule has 0 saturated carbocycles. The minimum atomic E-state index is -0.227. The van der Waals surface area contributed by atoms with Gasteiger partial charge >= 0.3 is 0 Å². The van der Waals surface area contributed by atoms with Crippen molar-refractivity contribution in [3.05, 3.63) is 64.2 Å². The molecule has 0 saturated heterocycles. The number of aromatic nitrogens is 1. The summed E-state index contributed by atoms with van der Waals surface area (Å²) in [5.74, 6) is -0.227. The molecular weight excluding hydrogens is 225 g/mol. The van der Waals surface area contributed by atoms with E-state index in [4.69, 9.17) is 11.6 Å². The lowest BCUT2D eigenvalue weighted by molar-refractivity contribution is 0.626. The van der Waals surface area contributed by atoms with Gasteiger partial charge in [-0.2, -0.15) is 0 Å². The first-order valence-corrected chi connectivity index (χ1v) is 5.39. The molecule has 1 heterocycles. The fourth-order valence-corrected chi connectivity index (χ4v) is 1.89. The molecule has 0 spiro atoms. The quantitative estimate of drug-likeness (QED) is 0.772. The van der Waals surface area contributed by atoms with Crippen molar-refractivity contribution in [2.24, 2.45) is 0 Å². The van der Waals surface area contributed by atoms with Crippen molar-refractivity contribution < 1.29 is 4.39 Å². The highest BCUT2D eigenvalue weighted by atomic mass is 35.5. The van der Waals surface area contributed by atoms with Gasteiger partial charge in [-0.3, -0.25) is 4.98 Å². The van der Waals surface area contributed by atoms with Crippen LogP contribution in [0.5, 0.6) is 0 Å². The third kappa shape index (κ3) is 2.39. The molecule has 2 rings (SSSR count). The van der Waals surface area contributed by atoms with Gasteiger partial charge in [0.1, 0.15) is 5.82 Å². The van der Waals surface area contributed by atoms with E-state index in [0.717, 1.165) is 16.8 Å². The van der Waals surface area contributed by atoms with Gasteiger partial charge in [0.05, 0.1) is 0 Å². The van der Waals surface area contributed by atoms with Crippen molar-refractivity contribution in [2.45, 2.75) is 13.3 Å². The normalized spacial score (nSPS) is 10.4. The molecular formula is C13H11ClFN. The fraction of sp³-hybridized carbons (Fsp3) is 0.154. The van der Waals surface area contributed by atoms with Crippen LogP contribution in [0.4, 0.5) is 4.39 Å². The highest BCUT2D eigenvalue weighted by Gasteiger charge is 2.06. The van der Waals surface area contributed by atoms with E-state index in [1.165, 1.54) is 12.1 Å². The van der Waals surface area contributed by atoms with Crippen LogP contribution in [-0.4, -0.2) is 4.98 Å². The van der Waals surface area contributed by atoms with Crippen molar-refractivity contribution in [3.63, 3.8) is 0 Å². The summed E-state index contributed by atoms with van der Waals surface area (Å²) in [6, 6.07) is 8.28. The zero-order valence-corrected chi connectivity index (χ0v) is 9.63. The van der Waals surface area contributed by atoms with Crippen molar-refractivity contribution in [3.8, 4) is 0 Å². The Labute approximate surface area is 98.9 Å². The van der Waals surface area contributed by atoms with E-state index in [1.807, 2.05) is 13.0 Å². The maximum Gasteiger partial charge on any atom is 0.123 e. The molecule has 1 aromatic carbocycles. The monoisotopic (exact) mass is 235 g/mol. The van der Waals surface area contributed by atoms with Crippen LogP contribution in [0.2, 0.25) is 5.02 Å². The summed E-state index contributed by atoms with van der Waals surface area (Å²) in [6.07, 6.45) is 2.28. The van der Waals surface area contributed by atoms with E-state index in [0.29, 0.717) is 11.4 Å². The van der Waals surface area contributed by atoms with Crippen LogP contribution in [0.25, 0.3) is 0 Å². The van der Waals surface area contributed by atoms with E-state index >= 15 is 0 Å². The topological polar surface area (TPSA) is 12.9 Å². The predicted octanol–water partition coefficient (Wildman–Crippen LogP) is 3.77. The van der Waals surface area contributed by atoms with Gasteiger partial charge in [0, 0.05) is 23.3 Å². The minimum Gasteiger partial charge on any atom is -0.261 e. The number of rotatable bonds is 2. The van der Waals surface area contributed by atoms with Gasteiger partial charge in [0.2, 0.25) is 0 Å². The first-order valence-electron chi connectivity index (χ1n) is 5.01. The summed E-state index contributed by atoms with van der Waals surface area (Å²) >= 11 is 6.09. The summed E-state index contributed by atoms with van der Waals surface area (Å²) in [6.45, 7) is 1.90. The molecule has 0 amide bonds. The van der Waals surface area contributed by atoms with Gasteiger partial charge in [-0.1, -0.05) is 23.7 Å². The van der Waals surface area contributed by atoms with E-state index in [1.54, 1.807) is 18.3 Å². The fourth-order valence-electron chi connectivity index (χ4n) is 1.63. The molecule has 2 aromatic rings. The number of benzene rings is 1. The van der Waals surface area contributed by atoms with Gasteiger partial charge in [-0.25, -0.2) is 4.39 Å². The lowest BCUT2D eigenvalue weighted by Crippen LogP contribution is -1.96. The van der Waals surface area contributed by atoms with Crippen LogP contribution in [-0.2, 0) is 6.42 Å². The Bertz CT molecular complexity index is 491. The van der Waals surface area contributed by atoms with Crippen LogP contribution in [0.15, 0.2) is 36.5 Å². The molecule has 0 aliphatic rings. The number of hydrogen-bond acceptors (Lipinski definition) is 1. The summed E-state index contributed by atoms with van der Waals surface area (Å²) < 4.78 is 13.0. The van der Waals surface area contributed by atoms with Crippen LogP contribution in [0.3, 0.4) is 0 Å². The maximum atomic E-state index is 13.0. The first-order chi connectivity index (χ1) is 7.66. The molecule has 1 aromatic heterocycles. The summed E-state index contributed by atoms with van der Waals surface area (Å²) in [7, 11) is 0. The van der Waals surface area contributed by atoms with Crippen LogP contribution >= 0.6 is 11.6 Å². The average molecular weight is 236 g/mol. The molecule has 0 fully saturated rings. The van der Waals surface area contributed by atoms with Crippen molar-refractivity contribution in [2.75, 3.05) is 0 Å². The maximum absolute atomic E-state index is 13.0. The number of aryl methyl sites for hydroxylation is 1. The predicted molar refractivity (Wildman–Crippen MR) is 63.2 cm³/mol. The molecule has 16 heavy (non-hydrogen) atoms. The summed E-state index contributed by atoms with van der Waals surface area (Å²) in [4.78, 5) is 4.18. The van der Waals surface area contributed by atoms with Gasteiger partial charge in [-0.05, 0) is 36.2 Å². The second kappa shape index (κ2) is 4.62. The molecule has 82 valence electrons. The Kier molecular flexibility index (Phi) is 3.20. The first kappa shape index (κ1) is 11.1. The van der Waals surface area contributed by atoms with E-state index < -0.39 is 0 Å². The van der Waals surface area contributed by atoms with Gasteiger partial charge in [0.15, 0.2) is 0 Å². The Morgan fingerprint density at radius 2 is 2.12 bits per heavy atom. The van der Waals surface area contributed by atoms with Crippen LogP contribution in [0.1, 0.15) is 16.8 Å². The number of nitrogens with zero attached hydrogens (tertiary/aromatic N) is 1. The molecule has 1 nitrogen and oxygen atoms in total. The summed E-state index contributed by atoms with van der Waals surface area (Å²) in [5, 5.41) is 0.678. The van der Waals surface area contributed by atoms with Crippen LogP contribution in [0, 0.1) is 12.7 Å². The minimum absolute atomic E-state index is 0.227. The molecule has 0 aliphatic carbocycles. The molecule has 0 bridgehead atoms. The second-order valence-electron chi connectivity index (χ2n) is 3.66. The Morgan fingerprint density at radius 3 is 2.81 bits per heavy atom. The SMILES string of the molecule is Cc1nccc(Cl)c1Cc1cccc(F)c1. The Hall–Kier alpha value is -1.41. The summed E-state index contributed by atoms with van der Waals surface area (Å²) in [5.41, 5.74) is 2.74. The van der Waals surface area contributed by atoms with E-state index in [2.05, 4.69) is 4.98 Å². The second-order valence-corrected chi connectivity index (χ2v) is 4.07.